The zero-order valence-corrected chi connectivity index (χ0v) is 11.7. The van der Waals surface area contributed by atoms with Gasteiger partial charge < -0.3 is 16.2 Å². The van der Waals surface area contributed by atoms with Gasteiger partial charge in [0.1, 0.15) is 0 Å². The van der Waals surface area contributed by atoms with Crippen LogP contribution in [0.2, 0.25) is 0 Å². The van der Waals surface area contributed by atoms with Crippen molar-refractivity contribution in [3.05, 3.63) is 0 Å². The van der Waals surface area contributed by atoms with Crippen molar-refractivity contribution >= 4 is 35.3 Å². The number of amides is 1. The summed E-state index contributed by atoms with van der Waals surface area (Å²) < 4.78 is 5.10. The van der Waals surface area contributed by atoms with Crippen molar-refractivity contribution < 1.29 is 9.53 Å². The van der Waals surface area contributed by atoms with Crippen LogP contribution in [0.4, 0.5) is 4.79 Å². The molecule has 0 heterocycles. The first kappa shape index (κ1) is 17.9. The Bertz CT molecular complexity index is 197. The van der Waals surface area contributed by atoms with E-state index in [9.17, 15) is 0 Å². The van der Waals surface area contributed by atoms with Gasteiger partial charge in [0.05, 0.1) is 6.61 Å². The number of rotatable bonds is 6. The van der Waals surface area contributed by atoms with Crippen LogP contribution in [0.25, 0.3) is 0 Å². The Balaban J connectivity index is 0. The first-order valence-corrected chi connectivity index (χ1v) is 6.20. The van der Waals surface area contributed by atoms with Crippen LogP contribution >= 0.6 is 24.8 Å². The first-order valence-electron chi connectivity index (χ1n) is 5.34. The Labute approximate surface area is 108 Å². The fraction of sp³-hybridized carbons (Fsp3) is 0.800. The molecule has 0 saturated heterocycles. The lowest BCUT2D eigenvalue weighted by molar-refractivity contribution is 0.225. The van der Waals surface area contributed by atoms with E-state index in [-0.39, 0.29) is 5.17 Å². The average Bonchev–Trinajstić information content (AvgIpc) is 2.17. The van der Waals surface area contributed by atoms with Gasteiger partial charge in [0, 0.05) is 0 Å². The Morgan fingerprint density at radius 2 is 1.94 bits per heavy atom. The van der Waals surface area contributed by atoms with Crippen LogP contribution in [0.15, 0.2) is 0 Å². The molecule has 1 amide bonds. The summed E-state index contributed by atoms with van der Waals surface area (Å²) in [7, 11) is 0. The van der Waals surface area contributed by atoms with E-state index in [1.165, 1.54) is 19.3 Å². The number of thiol groups is 1. The first-order chi connectivity index (χ1) is 7.43. The second-order valence-corrected chi connectivity index (χ2v) is 4.23. The summed E-state index contributed by atoms with van der Waals surface area (Å²) in [5.74, 6) is 0.617. The standard InChI is InChI=1S/C9H19NOS.CH3NOS/c1-3-5-6-8(4-2)7-11-9(10)12;2-1(3)4/h8H,3-7H2,1-2H3,(H2,10,12);(H3,2,3,4). The number of primary amides is 1. The minimum atomic E-state index is -0.639. The SMILES string of the molecule is CCCCC(CC)COC(N)=S.NC(=O)S. The number of carbonyl (C=O) groups excluding carboxylic acids is 1. The lowest BCUT2D eigenvalue weighted by Crippen LogP contribution is -2.18. The van der Waals surface area contributed by atoms with E-state index in [1.807, 2.05) is 0 Å². The van der Waals surface area contributed by atoms with E-state index in [0.717, 1.165) is 6.42 Å². The number of unbranched alkanes of at least 4 members (excludes halogenated alkanes) is 1. The molecule has 0 aliphatic carbocycles. The molecular formula is C10H22N2O2S2. The molecule has 0 aromatic carbocycles. The van der Waals surface area contributed by atoms with E-state index in [1.54, 1.807) is 0 Å². The third kappa shape index (κ3) is 19.1. The molecule has 0 rings (SSSR count). The molecule has 0 aliphatic rings. The minimum Gasteiger partial charge on any atom is -0.471 e. The third-order valence-electron chi connectivity index (χ3n) is 2.00. The number of nitrogens with two attached hydrogens (primary N) is 2. The predicted octanol–water partition coefficient (Wildman–Crippen LogP) is 2.46. The van der Waals surface area contributed by atoms with Crippen molar-refractivity contribution in [3.63, 3.8) is 0 Å². The molecule has 1 unspecified atom stereocenters. The Morgan fingerprint density at radius 3 is 2.25 bits per heavy atom. The molecule has 4 N–H and O–H groups in total. The van der Waals surface area contributed by atoms with Gasteiger partial charge in [0.15, 0.2) is 0 Å². The van der Waals surface area contributed by atoms with Gasteiger partial charge in [0.2, 0.25) is 0 Å². The maximum atomic E-state index is 9.09. The smallest absolute Gasteiger partial charge is 0.273 e. The summed E-state index contributed by atoms with van der Waals surface area (Å²) >= 11 is 7.73. The number of thiocarbonyl (C=S) groups is 1. The van der Waals surface area contributed by atoms with Crippen LogP contribution in [0.3, 0.4) is 0 Å². The largest absolute Gasteiger partial charge is 0.471 e. The molecule has 0 fully saturated rings. The molecular weight excluding hydrogens is 244 g/mol. The molecule has 0 spiro atoms. The van der Waals surface area contributed by atoms with E-state index in [0.29, 0.717) is 12.5 Å². The van der Waals surface area contributed by atoms with Crippen molar-refractivity contribution in [2.45, 2.75) is 39.5 Å². The maximum Gasteiger partial charge on any atom is 0.273 e. The highest BCUT2D eigenvalue weighted by molar-refractivity contribution is 7.96. The van der Waals surface area contributed by atoms with Crippen LogP contribution in [-0.4, -0.2) is 17.0 Å². The van der Waals surface area contributed by atoms with Gasteiger partial charge in [-0.25, -0.2) is 0 Å². The lowest BCUT2D eigenvalue weighted by atomic mass is 10.0. The highest BCUT2D eigenvalue weighted by Gasteiger charge is 2.06. The fourth-order valence-corrected chi connectivity index (χ4v) is 1.17. The van der Waals surface area contributed by atoms with Crippen LogP contribution in [0, 0.1) is 5.92 Å². The second-order valence-electron chi connectivity index (χ2n) is 3.38. The summed E-state index contributed by atoms with van der Waals surface area (Å²) in [5, 5.41) is -0.468. The van der Waals surface area contributed by atoms with Crippen molar-refractivity contribution in [1.82, 2.24) is 0 Å². The van der Waals surface area contributed by atoms with E-state index >= 15 is 0 Å². The minimum absolute atomic E-state index is 0.171. The maximum absolute atomic E-state index is 9.09. The lowest BCUT2D eigenvalue weighted by Gasteiger charge is -2.13. The predicted molar refractivity (Wildman–Crippen MR) is 74.6 cm³/mol. The molecule has 4 nitrogen and oxygen atoms in total. The van der Waals surface area contributed by atoms with Gasteiger partial charge >= 0.3 is 0 Å². The topological polar surface area (TPSA) is 78.3 Å². The van der Waals surface area contributed by atoms with Crippen molar-refractivity contribution in [3.8, 4) is 0 Å². The quantitative estimate of drug-likeness (QED) is 0.510. The average molecular weight is 266 g/mol. The highest BCUT2D eigenvalue weighted by atomic mass is 32.1. The van der Waals surface area contributed by atoms with Crippen LogP contribution in [-0.2, 0) is 4.74 Å². The molecule has 96 valence electrons. The van der Waals surface area contributed by atoms with Crippen molar-refractivity contribution in [2.24, 2.45) is 17.4 Å². The third-order valence-corrected chi connectivity index (χ3v) is 2.12. The molecule has 0 aromatic rings. The van der Waals surface area contributed by atoms with Gasteiger partial charge in [-0.05, 0) is 24.6 Å². The van der Waals surface area contributed by atoms with Gasteiger partial charge in [-0.15, -0.1) is 0 Å². The molecule has 6 heteroatoms. The van der Waals surface area contributed by atoms with E-state index in [2.05, 4.69) is 44.4 Å². The molecule has 16 heavy (non-hydrogen) atoms. The molecule has 1 atom stereocenters. The normalized spacial score (nSPS) is 10.9. The zero-order valence-electron chi connectivity index (χ0n) is 9.94. The summed E-state index contributed by atoms with van der Waals surface area (Å²) in [6.45, 7) is 5.05. The van der Waals surface area contributed by atoms with Crippen molar-refractivity contribution in [2.75, 3.05) is 6.61 Å². The number of hydrogen-bond donors (Lipinski definition) is 3. The number of ether oxygens (including phenoxy) is 1. The molecule has 0 aliphatic heterocycles. The van der Waals surface area contributed by atoms with Crippen molar-refractivity contribution in [1.29, 1.82) is 0 Å². The van der Waals surface area contributed by atoms with Crippen LogP contribution in [0.1, 0.15) is 39.5 Å². The Hall–Kier alpha value is -0.490. The van der Waals surface area contributed by atoms with Crippen LogP contribution < -0.4 is 11.5 Å². The van der Waals surface area contributed by atoms with Gasteiger partial charge in [0.25, 0.3) is 10.4 Å². The number of hydrogen-bond acceptors (Lipinski definition) is 3. The molecule has 0 saturated carbocycles. The molecule has 0 aromatic heterocycles. The summed E-state index contributed by atoms with van der Waals surface area (Å²) in [5.41, 5.74) is 9.57. The zero-order chi connectivity index (χ0) is 13.0. The van der Waals surface area contributed by atoms with E-state index < -0.39 is 5.24 Å². The van der Waals surface area contributed by atoms with Gasteiger partial charge in [-0.1, -0.05) is 45.7 Å². The molecule has 0 bridgehead atoms. The fourth-order valence-electron chi connectivity index (χ4n) is 1.10. The van der Waals surface area contributed by atoms with Gasteiger partial charge in [-0.3, -0.25) is 4.79 Å². The molecule has 0 radical (unpaired) electrons. The highest BCUT2D eigenvalue weighted by Crippen LogP contribution is 2.12. The summed E-state index contributed by atoms with van der Waals surface area (Å²) in [6, 6.07) is 0. The second kappa shape index (κ2) is 12.6. The van der Waals surface area contributed by atoms with Crippen LogP contribution in [0.5, 0.6) is 0 Å². The monoisotopic (exact) mass is 266 g/mol. The summed E-state index contributed by atoms with van der Waals surface area (Å²) in [4.78, 5) is 9.09. The van der Waals surface area contributed by atoms with Gasteiger partial charge in [-0.2, -0.15) is 0 Å². The summed E-state index contributed by atoms with van der Waals surface area (Å²) in [6.07, 6.45) is 4.86. The Kier molecular flexibility index (Phi) is 14.1. The Morgan fingerprint density at radius 1 is 1.44 bits per heavy atom. The number of carbonyl (C=O) groups is 1. The van der Waals surface area contributed by atoms with E-state index in [4.69, 9.17) is 15.3 Å².